The fourth-order valence-corrected chi connectivity index (χ4v) is 2.90. The average molecular weight is 279 g/mol. The minimum Gasteiger partial charge on any atom is -0.367 e. The van der Waals surface area contributed by atoms with Gasteiger partial charge in [0.1, 0.15) is 5.82 Å². The van der Waals surface area contributed by atoms with E-state index in [1.165, 1.54) is 6.42 Å². The van der Waals surface area contributed by atoms with Gasteiger partial charge in [-0.25, -0.2) is 4.39 Å². The molecule has 0 radical (unpaired) electrons. The van der Waals surface area contributed by atoms with E-state index in [9.17, 15) is 4.39 Å². The molecular formula is C16H26FN3. The molecule has 0 aromatic heterocycles. The molecule has 112 valence electrons. The highest BCUT2D eigenvalue weighted by Gasteiger charge is 2.24. The molecule has 20 heavy (non-hydrogen) atoms. The molecule has 1 unspecified atom stereocenters. The van der Waals surface area contributed by atoms with Crippen molar-refractivity contribution < 1.29 is 4.39 Å². The third-order valence-electron chi connectivity index (χ3n) is 4.08. The Bertz CT molecular complexity index is 434. The molecule has 0 aliphatic carbocycles. The standard InChI is InChI=1S/C16H26FN3/c1-4-18-11-13-7-5-9-15(17)16(13)20-10-6-8-14(12-20)19(2)3/h5,7,9,14,18H,4,6,8,10-12H2,1-3H3. The highest BCUT2D eigenvalue weighted by atomic mass is 19.1. The first-order valence-corrected chi connectivity index (χ1v) is 7.53. The Hall–Kier alpha value is -1.13. The summed E-state index contributed by atoms with van der Waals surface area (Å²) in [6.07, 6.45) is 2.32. The zero-order valence-corrected chi connectivity index (χ0v) is 12.8. The van der Waals surface area contributed by atoms with Crippen LogP contribution in [0.5, 0.6) is 0 Å². The van der Waals surface area contributed by atoms with Gasteiger partial charge in [0.15, 0.2) is 0 Å². The van der Waals surface area contributed by atoms with Crippen LogP contribution in [0.25, 0.3) is 0 Å². The van der Waals surface area contributed by atoms with E-state index in [0.717, 1.165) is 43.9 Å². The lowest BCUT2D eigenvalue weighted by atomic mass is 10.0. The molecule has 2 rings (SSSR count). The summed E-state index contributed by atoms with van der Waals surface area (Å²) >= 11 is 0. The Labute approximate surface area is 121 Å². The van der Waals surface area contributed by atoms with Crippen LogP contribution in [0.1, 0.15) is 25.3 Å². The second-order valence-corrected chi connectivity index (χ2v) is 5.73. The summed E-state index contributed by atoms with van der Waals surface area (Å²) in [5.41, 5.74) is 1.85. The fraction of sp³-hybridized carbons (Fsp3) is 0.625. The first-order valence-electron chi connectivity index (χ1n) is 7.53. The molecule has 0 spiro atoms. The van der Waals surface area contributed by atoms with E-state index in [-0.39, 0.29) is 5.82 Å². The number of nitrogens with one attached hydrogen (secondary N) is 1. The largest absolute Gasteiger partial charge is 0.367 e. The molecule has 1 heterocycles. The van der Waals surface area contributed by atoms with E-state index >= 15 is 0 Å². The summed E-state index contributed by atoms with van der Waals surface area (Å²) in [7, 11) is 4.21. The zero-order chi connectivity index (χ0) is 14.5. The number of hydrogen-bond donors (Lipinski definition) is 1. The molecule has 1 atom stereocenters. The first-order chi connectivity index (χ1) is 9.63. The van der Waals surface area contributed by atoms with Gasteiger partial charge in [-0.1, -0.05) is 19.1 Å². The molecule has 1 fully saturated rings. The number of para-hydroxylation sites is 1. The van der Waals surface area contributed by atoms with Gasteiger partial charge >= 0.3 is 0 Å². The Morgan fingerprint density at radius 2 is 2.20 bits per heavy atom. The summed E-state index contributed by atoms with van der Waals surface area (Å²) in [6, 6.07) is 5.92. The van der Waals surface area contributed by atoms with Crippen LogP contribution < -0.4 is 10.2 Å². The number of hydrogen-bond acceptors (Lipinski definition) is 3. The lowest BCUT2D eigenvalue weighted by Crippen LogP contribution is -2.45. The van der Waals surface area contributed by atoms with Crippen LogP contribution in [0, 0.1) is 5.82 Å². The van der Waals surface area contributed by atoms with Crippen molar-refractivity contribution in [2.24, 2.45) is 0 Å². The lowest BCUT2D eigenvalue weighted by Gasteiger charge is -2.38. The molecule has 0 amide bonds. The number of rotatable bonds is 5. The first kappa shape index (κ1) is 15.3. The number of piperidine rings is 1. The number of halogens is 1. The molecular weight excluding hydrogens is 253 g/mol. The number of anilines is 1. The third kappa shape index (κ3) is 3.49. The second kappa shape index (κ2) is 7.04. The van der Waals surface area contributed by atoms with Crippen LogP contribution in [0.4, 0.5) is 10.1 Å². The number of nitrogens with zero attached hydrogens (tertiary/aromatic N) is 2. The summed E-state index contributed by atoms with van der Waals surface area (Å²) in [5, 5.41) is 3.30. The Morgan fingerprint density at radius 1 is 1.40 bits per heavy atom. The van der Waals surface area contributed by atoms with Gasteiger partial charge in [-0.05, 0) is 45.1 Å². The molecule has 1 aliphatic heterocycles. The minimum absolute atomic E-state index is 0.0974. The normalized spacial score (nSPS) is 19.6. The Kier molecular flexibility index (Phi) is 5.38. The van der Waals surface area contributed by atoms with Crippen molar-refractivity contribution in [3.05, 3.63) is 29.6 Å². The highest BCUT2D eigenvalue weighted by Crippen LogP contribution is 2.28. The molecule has 0 bridgehead atoms. The van der Waals surface area contributed by atoms with E-state index in [0.29, 0.717) is 6.04 Å². The lowest BCUT2D eigenvalue weighted by molar-refractivity contribution is 0.257. The van der Waals surface area contributed by atoms with E-state index in [4.69, 9.17) is 0 Å². The fourth-order valence-electron chi connectivity index (χ4n) is 2.90. The van der Waals surface area contributed by atoms with E-state index in [1.807, 2.05) is 6.07 Å². The SMILES string of the molecule is CCNCc1cccc(F)c1N1CCCC(N(C)C)C1. The van der Waals surface area contributed by atoms with Crippen LogP contribution in [0.15, 0.2) is 18.2 Å². The molecule has 1 saturated heterocycles. The average Bonchev–Trinajstić information content (AvgIpc) is 2.45. The van der Waals surface area contributed by atoms with Gasteiger partial charge in [-0.3, -0.25) is 0 Å². The topological polar surface area (TPSA) is 18.5 Å². The van der Waals surface area contributed by atoms with Crippen LogP contribution in [-0.4, -0.2) is 44.7 Å². The predicted octanol–water partition coefficient (Wildman–Crippen LogP) is 2.47. The molecule has 1 aromatic carbocycles. The smallest absolute Gasteiger partial charge is 0.146 e. The monoisotopic (exact) mass is 279 g/mol. The zero-order valence-electron chi connectivity index (χ0n) is 12.8. The molecule has 1 aromatic rings. The summed E-state index contributed by atoms with van der Waals surface area (Å²) in [4.78, 5) is 4.47. The van der Waals surface area contributed by atoms with Gasteiger partial charge in [-0.2, -0.15) is 0 Å². The van der Waals surface area contributed by atoms with Crippen LogP contribution in [-0.2, 0) is 6.54 Å². The predicted molar refractivity (Wildman–Crippen MR) is 82.7 cm³/mol. The molecule has 1 N–H and O–H groups in total. The van der Waals surface area contributed by atoms with Gasteiger partial charge in [0.05, 0.1) is 5.69 Å². The van der Waals surface area contributed by atoms with Crippen molar-refractivity contribution in [1.82, 2.24) is 10.2 Å². The van der Waals surface area contributed by atoms with Crippen molar-refractivity contribution in [2.75, 3.05) is 38.6 Å². The molecule has 1 aliphatic rings. The summed E-state index contributed by atoms with van der Waals surface area (Å²) < 4.78 is 14.3. The van der Waals surface area contributed by atoms with E-state index in [2.05, 4.69) is 36.1 Å². The maximum absolute atomic E-state index is 14.3. The number of benzene rings is 1. The summed E-state index contributed by atoms with van der Waals surface area (Å²) in [5.74, 6) is -0.0974. The minimum atomic E-state index is -0.0974. The maximum atomic E-state index is 14.3. The third-order valence-corrected chi connectivity index (χ3v) is 4.08. The van der Waals surface area contributed by atoms with E-state index in [1.54, 1.807) is 12.1 Å². The van der Waals surface area contributed by atoms with Crippen LogP contribution >= 0.6 is 0 Å². The van der Waals surface area contributed by atoms with Crippen molar-refractivity contribution >= 4 is 5.69 Å². The highest BCUT2D eigenvalue weighted by molar-refractivity contribution is 5.55. The van der Waals surface area contributed by atoms with Gasteiger partial charge < -0.3 is 15.1 Å². The van der Waals surface area contributed by atoms with Gasteiger partial charge in [0.2, 0.25) is 0 Å². The second-order valence-electron chi connectivity index (χ2n) is 5.73. The number of likely N-dealkylation sites (N-methyl/N-ethyl adjacent to an activating group) is 1. The van der Waals surface area contributed by atoms with Gasteiger partial charge in [0, 0.05) is 25.7 Å². The van der Waals surface area contributed by atoms with Crippen LogP contribution in [0.2, 0.25) is 0 Å². The van der Waals surface area contributed by atoms with Gasteiger partial charge in [-0.15, -0.1) is 0 Å². The Balaban J connectivity index is 2.21. The molecule has 3 nitrogen and oxygen atoms in total. The van der Waals surface area contributed by atoms with Crippen molar-refractivity contribution in [3.63, 3.8) is 0 Å². The molecule has 0 saturated carbocycles. The van der Waals surface area contributed by atoms with Crippen LogP contribution in [0.3, 0.4) is 0 Å². The van der Waals surface area contributed by atoms with Crippen molar-refractivity contribution in [1.29, 1.82) is 0 Å². The quantitative estimate of drug-likeness (QED) is 0.893. The maximum Gasteiger partial charge on any atom is 0.146 e. The Morgan fingerprint density at radius 3 is 2.90 bits per heavy atom. The van der Waals surface area contributed by atoms with Crippen molar-refractivity contribution in [2.45, 2.75) is 32.4 Å². The van der Waals surface area contributed by atoms with Crippen molar-refractivity contribution in [3.8, 4) is 0 Å². The van der Waals surface area contributed by atoms with E-state index < -0.39 is 0 Å². The summed E-state index contributed by atoms with van der Waals surface area (Å²) in [6.45, 7) is 5.56. The van der Waals surface area contributed by atoms with Gasteiger partial charge in [0.25, 0.3) is 0 Å². The molecule has 4 heteroatoms.